The molecule has 1 saturated heterocycles. The number of H-pyrrole nitrogens is 1. The van der Waals surface area contributed by atoms with E-state index in [1.54, 1.807) is 19.1 Å². The van der Waals surface area contributed by atoms with Crippen LogP contribution in [0.3, 0.4) is 0 Å². The van der Waals surface area contributed by atoms with Crippen molar-refractivity contribution in [1.29, 1.82) is 10.5 Å². The molecule has 1 aromatic heterocycles. The smallest absolute Gasteiger partial charge is 0.253 e. The average Bonchev–Trinajstić information content (AvgIpc) is 2.68. The summed E-state index contributed by atoms with van der Waals surface area (Å²) in [7, 11) is 0. The molecule has 29 heavy (non-hydrogen) atoms. The molecule has 2 heterocycles. The van der Waals surface area contributed by atoms with E-state index >= 15 is 0 Å². The van der Waals surface area contributed by atoms with Gasteiger partial charge in [-0.25, -0.2) is 0 Å². The van der Waals surface area contributed by atoms with Crippen LogP contribution in [0.25, 0.3) is 10.9 Å². The van der Waals surface area contributed by atoms with Crippen molar-refractivity contribution in [3.05, 3.63) is 50.2 Å². The number of nitroso groups, excluding NO2 is 1. The van der Waals surface area contributed by atoms with E-state index < -0.39 is 23.6 Å². The number of nitrogens with zero attached hydrogens (tertiary/aromatic N) is 3. The Bertz CT molecular complexity index is 1120. The first-order valence-corrected chi connectivity index (χ1v) is 9.53. The molecule has 3 atom stereocenters. The van der Waals surface area contributed by atoms with Crippen LogP contribution < -0.4 is 10.9 Å². The first-order chi connectivity index (χ1) is 13.8. The standard InChI is InChI=1S/C21H21N5O3/c1-12-4-3-5-17-20(12)16(10-23)15(21(28)25-17)8-19(27)24-13(2)18-7-6-14(9-22)11-26(18)29/h3-5,13-14,18H,6-8,11H2,1-2H3,(H-,24,25,27,28)/p+1/t13-,14?,18?/m1/s1. The molecule has 1 aliphatic heterocycles. The normalized spacial score (nSPS) is 19.9. The van der Waals surface area contributed by atoms with Crippen molar-refractivity contribution in [2.45, 2.75) is 45.2 Å². The van der Waals surface area contributed by atoms with Crippen LogP contribution in [0.1, 0.15) is 36.5 Å². The number of aromatic amines is 1. The summed E-state index contributed by atoms with van der Waals surface area (Å²) in [5.74, 6) is -0.715. The summed E-state index contributed by atoms with van der Waals surface area (Å²) in [5, 5.41) is 22.0. The number of nitrogens with one attached hydrogen (secondary N) is 2. The van der Waals surface area contributed by atoms with E-state index in [1.165, 1.54) is 0 Å². The molecular weight excluding hydrogens is 370 g/mol. The molecule has 8 nitrogen and oxygen atoms in total. The number of rotatable bonds is 4. The number of carbonyl (C=O) groups is 1. The van der Waals surface area contributed by atoms with E-state index in [2.05, 4.69) is 22.4 Å². The van der Waals surface area contributed by atoms with Gasteiger partial charge in [-0.3, -0.25) is 9.59 Å². The number of piperidine rings is 1. The van der Waals surface area contributed by atoms with Gasteiger partial charge in [-0.2, -0.15) is 10.5 Å². The van der Waals surface area contributed by atoms with Crippen molar-refractivity contribution in [1.82, 2.24) is 10.3 Å². The van der Waals surface area contributed by atoms with Crippen LogP contribution in [0.2, 0.25) is 0 Å². The number of aryl methyl sites for hydroxylation is 1. The van der Waals surface area contributed by atoms with Crippen LogP contribution in [0, 0.1) is 40.4 Å². The first-order valence-electron chi connectivity index (χ1n) is 9.53. The zero-order valence-corrected chi connectivity index (χ0v) is 16.4. The van der Waals surface area contributed by atoms with Crippen molar-refractivity contribution in [2.75, 3.05) is 6.54 Å². The number of aromatic nitrogens is 1. The minimum atomic E-state index is -0.470. The molecule has 1 amide bonds. The highest BCUT2D eigenvalue weighted by atomic mass is 16.3. The summed E-state index contributed by atoms with van der Waals surface area (Å²) >= 11 is 0. The Kier molecular flexibility index (Phi) is 5.74. The molecule has 2 unspecified atom stereocenters. The Hall–Kier alpha value is -3.52. The number of hydrogen-bond acceptors (Lipinski definition) is 5. The number of fused-ring (bicyclic) bond motifs is 1. The second-order valence-electron chi connectivity index (χ2n) is 7.52. The third kappa shape index (κ3) is 4.02. The average molecular weight is 392 g/mol. The molecule has 148 valence electrons. The molecule has 8 heteroatoms. The van der Waals surface area contributed by atoms with Gasteiger partial charge in [0.15, 0.2) is 0 Å². The Labute approximate surface area is 167 Å². The van der Waals surface area contributed by atoms with Crippen molar-refractivity contribution in [3.63, 3.8) is 0 Å². The third-order valence-electron chi connectivity index (χ3n) is 5.53. The van der Waals surface area contributed by atoms with Gasteiger partial charge in [0.1, 0.15) is 12.0 Å². The first kappa shape index (κ1) is 20.2. The second kappa shape index (κ2) is 8.24. The predicted molar refractivity (Wildman–Crippen MR) is 106 cm³/mol. The van der Waals surface area contributed by atoms with E-state index in [-0.39, 0.29) is 30.0 Å². The maximum atomic E-state index is 12.6. The van der Waals surface area contributed by atoms with E-state index in [4.69, 9.17) is 5.26 Å². The fraction of sp³-hybridized carbons (Fsp3) is 0.429. The predicted octanol–water partition coefficient (Wildman–Crippen LogP) is 1.84. The Morgan fingerprint density at radius 2 is 2.14 bits per heavy atom. The van der Waals surface area contributed by atoms with Crippen molar-refractivity contribution < 1.29 is 9.55 Å². The lowest BCUT2D eigenvalue weighted by molar-refractivity contribution is -0.603. The summed E-state index contributed by atoms with van der Waals surface area (Å²) in [5.41, 5.74) is 1.24. The van der Waals surface area contributed by atoms with Gasteiger partial charge in [-0.15, -0.1) is 0 Å². The maximum Gasteiger partial charge on any atom is 0.253 e. The summed E-state index contributed by atoms with van der Waals surface area (Å²) in [6, 6.07) is 8.67. The van der Waals surface area contributed by atoms with Gasteiger partial charge in [0.2, 0.25) is 18.5 Å². The van der Waals surface area contributed by atoms with Crippen molar-refractivity contribution >= 4 is 16.8 Å². The summed E-state index contributed by atoms with van der Waals surface area (Å²) < 4.78 is 0.856. The highest BCUT2D eigenvalue weighted by Crippen LogP contribution is 2.22. The van der Waals surface area contributed by atoms with Crippen molar-refractivity contribution in [3.8, 4) is 12.1 Å². The van der Waals surface area contributed by atoms with Gasteiger partial charge in [0, 0.05) is 32.6 Å². The molecule has 0 radical (unpaired) electrons. The number of benzene rings is 1. The molecule has 1 aliphatic rings. The number of nitriles is 2. The summed E-state index contributed by atoms with van der Waals surface area (Å²) in [6.45, 7) is 3.71. The number of pyridine rings is 1. The lowest BCUT2D eigenvalue weighted by Gasteiger charge is -2.23. The molecule has 1 aromatic carbocycles. The van der Waals surface area contributed by atoms with E-state index in [0.717, 1.165) is 10.3 Å². The monoisotopic (exact) mass is 392 g/mol. The van der Waals surface area contributed by atoms with Gasteiger partial charge in [0.25, 0.3) is 5.56 Å². The number of hydrogen-bond donors (Lipinski definition) is 2. The zero-order chi connectivity index (χ0) is 21.1. The van der Waals surface area contributed by atoms with Crippen LogP contribution in [0.4, 0.5) is 0 Å². The van der Waals surface area contributed by atoms with Gasteiger partial charge in [-0.1, -0.05) is 12.1 Å². The van der Waals surface area contributed by atoms with Crippen LogP contribution >= 0.6 is 0 Å². The molecule has 2 N–H and O–H groups in total. The molecule has 0 spiro atoms. The van der Waals surface area contributed by atoms with Gasteiger partial charge in [-0.05, 0) is 31.9 Å². The Morgan fingerprint density at radius 1 is 1.38 bits per heavy atom. The van der Waals surface area contributed by atoms with Gasteiger partial charge in [0.05, 0.1) is 24.1 Å². The van der Waals surface area contributed by atoms with E-state index in [0.29, 0.717) is 23.7 Å². The Morgan fingerprint density at radius 3 is 2.79 bits per heavy atom. The maximum absolute atomic E-state index is 12.6. The third-order valence-corrected chi connectivity index (χ3v) is 5.53. The lowest BCUT2D eigenvalue weighted by atomic mass is 9.92. The lowest BCUT2D eigenvalue weighted by Crippen LogP contribution is -2.49. The number of carbonyl (C=O) groups excluding carboxylic acids is 1. The molecule has 0 saturated carbocycles. The molecule has 2 aromatic rings. The quantitative estimate of drug-likeness (QED) is 0.767. The van der Waals surface area contributed by atoms with Crippen molar-refractivity contribution in [2.24, 2.45) is 5.92 Å². The Balaban J connectivity index is 1.80. The minimum Gasteiger partial charge on any atom is -0.347 e. The fourth-order valence-corrected chi connectivity index (χ4v) is 3.98. The largest absolute Gasteiger partial charge is 0.347 e. The molecule has 3 rings (SSSR count). The fourth-order valence-electron chi connectivity index (χ4n) is 3.98. The van der Waals surface area contributed by atoms with Crippen LogP contribution in [-0.4, -0.2) is 34.3 Å². The van der Waals surface area contributed by atoms with Crippen LogP contribution in [0.5, 0.6) is 0 Å². The van der Waals surface area contributed by atoms with E-state index in [1.807, 2.05) is 13.0 Å². The van der Waals surface area contributed by atoms with Crippen LogP contribution in [0.15, 0.2) is 23.0 Å². The molecule has 0 bridgehead atoms. The van der Waals surface area contributed by atoms with E-state index in [9.17, 15) is 19.8 Å². The molecule has 0 aliphatic carbocycles. The summed E-state index contributed by atoms with van der Waals surface area (Å²) in [6.07, 6.45) is 0.879. The highest BCUT2D eigenvalue weighted by Gasteiger charge is 2.39. The SMILES string of the molecule is Cc1cccc2[nH]c(=O)c(CC(=O)N[C@H](C)C3CCC(C#N)C[N+]3=O)c(C#N)c12. The van der Waals surface area contributed by atoms with Gasteiger partial charge < -0.3 is 10.3 Å². The molecule has 1 fully saturated rings. The number of amides is 1. The second-order valence-corrected chi connectivity index (χ2v) is 7.52. The summed E-state index contributed by atoms with van der Waals surface area (Å²) in [4.78, 5) is 40.0. The highest BCUT2D eigenvalue weighted by molar-refractivity contribution is 5.90. The zero-order valence-electron chi connectivity index (χ0n) is 16.4. The topological polar surface area (TPSA) is 130 Å². The van der Waals surface area contributed by atoms with Crippen LogP contribution in [-0.2, 0) is 11.2 Å². The minimum absolute atomic E-state index is 0.117. The molecular formula is C21H22N5O3+. The van der Waals surface area contributed by atoms with Gasteiger partial charge >= 0.3 is 0 Å².